The fraction of sp³-hybridized carbons (Fsp3) is 0.370. The predicted molar refractivity (Wildman–Crippen MR) is 141 cm³/mol. The van der Waals surface area contributed by atoms with E-state index in [1.807, 2.05) is 38.1 Å². The third-order valence-corrected chi connectivity index (χ3v) is 6.16. The molecule has 1 aliphatic rings. The lowest BCUT2D eigenvalue weighted by molar-refractivity contribution is -0.115. The SMILES string of the molecule is C=N/C=C(\SCc1ccc(OC(C)C)c(C#N)c1)c1cccc2c1CCC2NOCC=O.COC. The summed E-state index contributed by atoms with van der Waals surface area (Å²) in [6.07, 6.45) is 4.32. The lowest BCUT2D eigenvalue weighted by Crippen LogP contribution is -2.20. The molecule has 0 saturated heterocycles. The average molecular weight is 496 g/mol. The summed E-state index contributed by atoms with van der Waals surface area (Å²) in [4.78, 5) is 20.8. The van der Waals surface area contributed by atoms with Crippen molar-refractivity contribution in [3.05, 3.63) is 70.4 Å². The Labute approximate surface area is 212 Å². The number of nitrogens with zero attached hydrogens (tertiary/aromatic N) is 2. The van der Waals surface area contributed by atoms with E-state index in [2.05, 4.69) is 40.1 Å². The molecule has 2 aromatic rings. The molecular formula is C27H33N3O4S. The van der Waals surface area contributed by atoms with Crippen molar-refractivity contribution in [3.8, 4) is 11.8 Å². The van der Waals surface area contributed by atoms with Gasteiger partial charge in [-0.2, -0.15) is 10.7 Å². The molecule has 0 aliphatic heterocycles. The summed E-state index contributed by atoms with van der Waals surface area (Å²) in [5, 5.41) is 9.50. The third-order valence-electron chi connectivity index (χ3n) is 5.04. The molecule has 186 valence electrons. The maximum atomic E-state index is 10.5. The van der Waals surface area contributed by atoms with Crippen molar-refractivity contribution in [2.75, 3.05) is 20.8 Å². The van der Waals surface area contributed by atoms with Crippen molar-refractivity contribution >= 4 is 29.7 Å². The van der Waals surface area contributed by atoms with E-state index in [1.54, 1.807) is 32.2 Å². The number of hydrogen-bond acceptors (Lipinski definition) is 8. The number of nitriles is 1. The quantitative estimate of drug-likeness (QED) is 0.197. The first-order chi connectivity index (χ1) is 17.0. The highest BCUT2D eigenvalue weighted by Gasteiger charge is 2.25. The van der Waals surface area contributed by atoms with E-state index in [1.165, 1.54) is 11.1 Å². The maximum absolute atomic E-state index is 10.5. The molecule has 8 heteroatoms. The van der Waals surface area contributed by atoms with Gasteiger partial charge in [-0.25, -0.2) is 0 Å². The molecule has 0 heterocycles. The van der Waals surface area contributed by atoms with Crippen LogP contribution in [0, 0.1) is 11.3 Å². The second-order valence-corrected chi connectivity index (χ2v) is 9.06. The standard InChI is InChI=1S/C25H27N3O3S.C2H6O/c1-17(2)31-24-10-7-18(13-19(24)14-26)16-32-25(15-27-3)22-6-4-5-21-20(22)8-9-23(21)28-30-12-11-29;1-3-2/h4-7,10-11,13,15,17,23,28H,3,8-9,12,16H2,1-2H3;1-2H3/b25-15-;. The second kappa shape index (κ2) is 15.1. The molecule has 3 rings (SSSR count). The second-order valence-electron chi connectivity index (χ2n) is 8.04. The van der Waals surface area contributed by atoms with Crippen LogP contribution in [0.1, 0.15) is 54.1 Å². The van der Waals surface area contributed by atoms with Crippen LogP contribution >= 0.6 is 11.8 Å². The molecular weight excluding hydrogens is 462 g/mol. The molecule has 0 bridgehead atoms. The van der Waals surface area contributed by atoms with Gasteiger partial charge in [0.25, 0.3) is 0 Å². The van der Waals surface area contributed by atoms with Crippen LogP contribution in [0.2, 0.25) is 0 Å². The van der Waals surface area contributed by atoms with Crippen LogP contribution < -0.4 is 10.2 Å². The summed E-state index contributed by atoms with van der Waals surface area (Å²) in [6, 6.07) is 14.2. The molecule has 2 aromatic carbocycles. The number of rotatable bonds is 11. The first-order valence-corrected chi connectivity index (χ1v) is 12.3. The van der Waals surface area contributed by atoms with Crippen molar-refractivity contribution in [3.63, 3.8) is 0 Å². The highest BCUT2D eigenvalue weighted by Crippen LogP contribution is 2.40. The molecule has 0 radical (unpaired) electrons. The Bertz CT molecular complexity index is 1060. The fourth-order valence-electron chi connectivity index (χ4n) is 3.73. The van der Waals surface area contributed by atoms with Gasteiger partial charge in [0.1, 0.15) is 24.7 Å². The van der Waals surface area contributed by atoms with Gasteiger partial charge in [-0.3, -0.25) is 9.83 Å². The van der Waals surface area contributed by atoms with Crippen LogP contribution in [-0.4, -0.2) is 39.9 Å². The molecule has 1 N–H and O–H groups in total. The maximum Gasteiger partial charge on any atom is 0.147 e. The molecule has 7 nitrogen and oxygen atoms in total. The Morgan fingerprint density at radius 3 is 2.77 bits per heavy atom. The Balaban J connectivity index is 0.00000137. The zero-order valence-corrected chi connectivity index (χ0v) is 21.6. The van der Waals surface area contributed by atoms with Crippen molar-refractivity contribution in [1.82, 2.24) is 5.48 Å². The minimum Gasteiger partial charge on any atom is -0.490 e. The summed E-state index contributed by atoms with van der Waals surface area (Å²) in [5.41, 5.74) is 8.11. The number of methoxy groups -OCH3 is 1. The van der Waals surface area contributed by atoms with Crippen molar-refractivity contribution < 1.29 is 19.1 Å². The monoisotopic (exact) mass is 495 g/mol. The number of carbonyl (C=O) groups is 1. The van der Waals surface area contributed by atoms with Gasteiger partial charge in [-0.1, -0.05) is 24.3 Å². The molecule has 1 atom stereocenters. The summed E-state index contributed by atoms with van der Waals surface area (Å²) < 4.78 is 9.97. The normalized spacial score (nSPS) is 14.5. The van der Waals surface area contributed by atoms with E-state index in [-0.39, 0.29) is 18.8 Å². The zero-order valence-electron chi connectivity index (χ0n) is 20.7. The van der Waals surface area contributed by atoms with Gasteiger partial charge in [0, 0.05) is 31.1 Å². The van der Waals surface area contributed by atoms with Crippen molar-refractivity contribution in [1.29, 1.82) is 5.26 Å². The van der Waals surface area contributed by atoms with E-state index >= 15 is 0 Å². The summed E-state index contributed by atoms with van der Waals surface area (Å²) in [7, 11) is 3.25. The molecule has 0 saturated carbocycles. The Morgan fingerprint density at radius 2 is 2.11 bits per heavy atom. The Hall–Kier alpha value is -2.96. The zero-order chi connectivity index (χ0) is 25.6. The number of carbonyl (C=O) groups excluding carboxylic acids is 1. The van der Waals surface area contributed by atoms with Crippen LogP contribution in [-0.2, 0) is 26.5 Å². The van der Waals surface area contributed by atoms with Crippen molar-refractivity contribution in [2.45, 2.75) is 44.6 Å². The summed E-state index contributed by atoms with van der Waals surface area (Å²) in [5.74, 6) is 1.29. The largest absolute Gasteiger partial charge is 0.490 e. The third kappa shape index (κ3) is 8.34. The van der Waals surface area contributed by atoms with Crippen LogP contribution in [0.5, 0.6) is 5.75 Å². The molecule has 35 heavy (non-hydrogen) atoms. The topological polar surface area (TPSA) is 92.9 Å². The number of aliphatic imine (C=N–C) groups is 1. The minimum atomic E-state index is 0.0119. The van der Waals surface area contributed by atoms with Crippen molar-refractivity contribution in [2.24, 2.45) is 4.99 Å². The number of aldehydes is 1. The number of nitrogens with one attached hydrogen (secondary N) is 1. The van der Waals surface area contributed by atoms with Gasteiger partial charge in [0.2, 0.25) is 0 Å². The van der Waals surface area contributed by atoms with E-state index in [9.17, 15) is 10.1 Å². The smallest absolute Gasteiger partial charge is 0.147 e. The van der Waals surface area contributed by atoms with Gasteiger partial charge in [0.05, 0.1) is 17.7 Å². The molecule has 0 aromatic heterocycles. The minimum absolute atomic E-state index is 0.0119. The number of hydrogen-bond donors (Lipinski definition) is 1. The van der Waals surface area contributed by atoms with Crippen LogP contribution in [0.15, 0.2) is 47.6 Å². The Kier molecular flexibility index (Phi) is 12.2. The van der Waals surface area contributed by atoms with E-state index in [4.69, 9.17) is 9.57 Å². The highest BCUT2D eigenvalue weighted by molar-refractivity contribution is 8.07. The van der Waals surface area contributed by atoms with Crippen LogP contribution in [0.3, 0.4) is 0 Å². The van der Waals surface area contributed by atoms with Crippen LogP contribution in [0.4, 0.5) is 0 Å². The fourth-order valence-corrected chi connectivity index (χ4v) is 4.73. The van der Waals surface area contributed by atoms with E-state index < -0.39 is 0 Å². The molecule has 0 fully saturated rings. The number of ether oxygens (including phenoxy) is 2. The highest BCUT2D eigenvalue weighted by atomic mass is 32.2. The van der Waals surface area contributed by atoms with Gasteiger partial charge < -0.3 is 14.3 Å². The molecule has 0 amide bonds. The number of hydroxylamine groups is 1. The van der Waals surface area contributed by atoms with E-state index in [0.717, 1.165) is 35.2 Å². The molecule has 0 spiro atoms. The molecule has 1 unspecified atom stereocenters. The number of thioether (sulfide) groups is 1. The van der Waals surface area contributed by atoms with E-state index in [0.29, 0.717) is 17.1 Å². The average Bonchev–Trinajstić information content (AvgIpc) is 3.26. The molecule has 1 aliphatic carbocycles. The lowest BCUT2D eigenvalue weighted by atomic mass is 10.0. The van der Waals surface area contributed by atoms with Gasteiger partial charge >= 0.3 is 0 Å². The summed E-state index contributed by atoms with van der Waals surface area (Å²) >= 11 is 1.66. The predicted octanol–water partition coefficient (Wildman–Crippen LogP) is 5.25. The Morgan fingerprint density at radius 1 is 1.34 bits per heavy atom. The number of benzene rings is 2. The lowest BCUT2D eigenvalue weighted by Gasteiger charge is -2.15. The summed E-state index contributed by atoms with van der Waals surface area (Å²) in [6.45, 7) is 7.55. The van der Waals surface area contributed by atoms with Crippen LogP contribution in [0.25, 0.3) is 4.91 Å². The first kappa shape index (κ1) is 28.3. The van der Waals surface area contributed by atoms with Gasteiger partial charge in [-0.05, 0) is 67.8 Å². The van der Waals surface area contributed by atoms with Gasteiger partial charge in [0.15, 0.2) is 0 Å². The van der Waals surface area contributed by atoms with Gasteiger partial charge in [-0.15, -0.1) is 11.8 Å². The first-order valence-electron chi connectivity index (χ1n) is 11.3. The number of fused-ring (bicyclic) bond motifs is 1.